The highest BCUT2D eigenvalue weighted by molar-refractivity contribution is 5.47. The van der Waals surface area contributed by atoms with E-state index in [0.29, 0.717) is 0 Å². The molecule has 1 rings (SSSR count). The first-order valence-electron chi connectivity index (χ1n) is 5.57. The summed E-state index contributed by atoms with van der Waals surface area (Å²) in [6.07, 6.45) is 8.40. The van der Waals surface area contributed by atoms with Crippen molar-refractivity contribution in [1.82, 2.24) is 0 Å². The van der Waals surface area contributed by atoms with Crippen LogP contribution in [0.4, 0.5) is 0 Å². The largest absolute Gasteiger partial charge is 0.405 e. The second kappa shape index (κ2) is 14.7. The van der Waals surface area contributed by atoms with Gasteiger partial charge in [-0.3, -0.25) is 0 Å². The maximum Gasteiger partial charge on any atom is -0.00564 e. The van der Waals surface area contributed by atoms with E-state index < -0.39 is 0 Å². The maximum atomic E-state index is 5.18. The quantitative estimate of drug-likeness (QED) is 0.761. The maximum absolute atomic E-state index is 5.18. The van der Waals surface area contributed by atoms with E-state index in [2.05, 4.69) is 26.3 Å². The summed E-state index contributed by atoms with van der Waals surface area (Å²) in [4.78, 5) is 0. The molecule has 1 heteroatoms. The molecular weight excluding hydrogens is 218 g/mol. The molecule has 0 unspecified atom stereocenters. The highest BCUT2D eigenvalue weighted by Crippen LogP contribution is 1.98. The van der Waals surface area contributed by atoms with Crippen molar-refractivity contribution < 1.29 is 0 Å². The lowest BCUT2D eigenvalue weighted by molar-refractivity contribution is 1.58. The third-order valence-electron chi connectivity index (χ3n) is 1.60. The smallest absolute Gasteiger partial charge is 0.00564 e. The molecule has 0 aliphatic rings. The van der Waals surface area contributed by atoms with E-state index in [-0.39, 0.29) is 0 Å². The van der Waals surface area contributed by atoms with Crippen LogP contribution in [0.25, 0.3) is 6.08 Å². The number of nitrogens with two attached hydrogens (primary N) is 1. The lowest BCUT2D eigenvalue weighted by Crippen LogP contribution is -1.75. The van der Waals surface area contributed by atoms with Crippen LogP contribution in [0.2, 0.25) is 0 Å². The number of benzene rings is 1. The number of hydrogen-bond donors (Lipinski definition) is 1. The molecule has 96 valence electrons. The highest BCUT2D eigenvalue weighted by atomic mass is 14.5. The van der Waals surface area contributed by atoms with Crippen LogP contribution in [0, 0.1) is 0 Å². The van der Waals surface area contributed by atoms with Crippen LogP contribution in [0.15, 0.2) is 86.6 Å². The van der Waals surface area contributed by atoms with Gasteiger partial charge in [0.05, 0.1) is 0 Å². The molecule has 0 saturated carbocycles. The minimum absolute atomic E-state index is 1.02. The van der Waals surface area contributed by atoms with Gasteiger partial charge in [0.2, 0.25) is 0 Å². The van der Waals surface area contributed by atoms with Crippen molar-refractivity contribution in [2.24, 2.45) is 5.73 Å². The Hall–Kier alpha value is -2.28. The van der Waals surface area contributed by atoms with Crippen molar-refractivity contribution in [1.29, 1.82) is 0 Å². The second-order valence-corrected chi connectivity index (χ2v) is 3.29. The molecule has 0 saturated heterocycles. The van der Waals surface area contributed by atoms with E-state index in [4.69, 9.17) is 5.73 Å². The Balaban J connectivity index is 0. The molecule has 1 nitrogen and oxygen atoms in total. The van der Waals surface area contributed by atoms with Gasteiger partial charge in [-0.15, -0.1) is 0 Å². The van der Waals surface area contributed by atoms with Crippen LogP contribution in [0.3, 0.4) is 0 Å². The standard InChI is InChI=1S/C8H9N.C5H8.C4H6/c9-7-6-8-4-2-1-3-5-8;1-4-5(2)3;1-3-4-2/h1-7H,9H2;4H,1-2H2,3H3;3-4H,1-2H2. The molecule has 18 heavy (non-hydrogen) atoms. The zero-order valence-corrected chi connectivity index (χ0v) is 11.2. The third-order valence-corrected chi connectivity index (χ3v) is 1.60. The van der Waals surface area contributed by atoms with Gasteiger partial charge in [-0.05, 0) is 24.8 Å². The normalized spacial score (nSPS) is 8.06. The molecule has 0 atom stereocenters. The molecule has 0 aliphatic heterocycles. The molecule has 1 aromatic rings. The van der Waals surface area contributed by atoms with Gasteiger partial charge >= 0.3 is 0 Å². The van der Waals surface area contributed by atoms with Gasteiger partial charge in [-0.1, -0.05) is 80.4 Å². The molecule has 0 amide bonds. The SMILES string of the molecule is C=CC(=C)C.C=CC=C.NC=Cc1ccccc1. The molecule has 0 fully saturated rings. The van der Waals surface area contributed by atoms with E-state index in [0.717, 1.165) is 11.1 Å². The summed E-state index contributed by atoms with van der Waals surface area (Å²) in [5.41, 5.74) is 7.34. The predicted molar refractivity (Wildman–Crippen MR) is 85.1 cm³/mol. The summed E-state index contributed by atoms with van der Waals surface area (Å²) >= 11 is 0. The van der Waals surface area contributed by atoms with Gasteiger partial charge in [0, 0.05) is 0 Å². The van der Waals surface area contributed by atoms with Crippen molar-refractivity contribution in [2.45, 2.75) is 6.92 Å². The average Bonchev–Trinajstić information content (AvgIpc) is 2.41. The molecule has 1 aromatic carbocycles. The lowest BCUT2D eigenvalue weighted by atomic mass is 10.2. The van der Waals surface area contributed by atoms with Crippen LogP contribution >= 0.6 is 0 Å². The highest BCUT2D eigenvalue weighted by Gasteiger charge is 1.77. The van der Waals surface area contributed by atoms with Gasteiger partial charge in [-0.25, -0.2) is 0 Å². The topological polar surface area (TPSA) is 26.0 Å². The molecule has 0 radical (unpaired) electrons. The van der Waals surface area contributed by atoms with Gasteiger partial charge in [0.25, 0.3) is 0 Å². The van der Waals surface area contributed by atoms with E-state index in [9.17, 15) is 0 Å². The van der Waals surface area contributed by atoms with Gasteiger partial charge < -0.3 is 5.73 Å². The first-order valence-corrected chi connectivity index (χ1v) is 5.57. The van der Waals surface area contributed by atoms with Crippen molar-refractivity contribution in [2.75, 3.05) is 0 Å². The summed E-state index contributed by atoms with van der Waals surface area (Å²) in [5, 5.41) is 0. The number of rotatable bonds is 3. The zero-order valence-electron chi connectivity index (χ0n) is 11.2. The Morgan fingerprint density at radius 1 is 1.06 bits per heavy atom. The van der Waals surface area contributed by atoms with Crippen LogP contribution in [-0.2, 0) is 0 Å². The lowest BCUT2D eigenvalue weighted by Gasteiger charge is -1.86. The van der Waals surface area contributed by atoms with E-state index in [1.165, 1.54) is 6.20 Å². The molecule has 2 N–H and O–H groups in total. The molecule has 0 aromatic heterocycles. The fourth-order valence-corrected chi connectivity index (χ4v) is 0.675. The van der Waals surface area contributed by atoms with Crippen LogP contribution in [0.5, 0.6) is 0 Å². The molecule has 0 aliphatic carbocycles. The van der Waals surface area contributed by atoms with E-state index in [1.807, 2.05) is 43.3 Å². The minimum Gasteiger partial charge on any atom is -0.405 e. The Morgan fingerprint density at radius 3 is 1.78 bits per heavy atom. The summed E-state index contributed by atoms with van der Waals surface area (Å²) in [7, 11) is 0. The Morgan fingerprint density at radius 2 is 1.50 bits per heavy atom. The molecule has 0 bridgehead atoms. The summed E-state index contributed by atoms with van der Waals surface area (Å²) in [6.45, 7) is 15.6. The number of allylic oxidation sites excluding steroid dienone is 4. The predicted octanol–water partition coefficient (Wildman–Crippen LogP) is 4.72. The number of hydrogen-bond acceptors (Lipinski definition) is 1. The Kier molecular flexibility index (Phi) is 14.8. The van der Waals surface area contributed by atoms with Gasteiger partial charge in [0.1, 0.15) is 0 Å². The summed E-state index contributed by atoms with van der Waals surface area (Å²) in [6, 6.07) is 9.95. The Labute approximate surface area is 111 Å². The van der Waals surface area contributed by atoms with Crippen molar-refractivity contribution in [3.8, 4) is 0 Å². The van der Waals surface area contributed by atoms with Gasteiger partial charge in [-0.2, -0.15) is 0 Å². The summed E-state index contributed by atoms with van der Waals surface area (Å²) in [5.74, 6) is 0. The van der Waals surface area contributed by atoms with Crippen LogP contribution in [-0.4, -0.2) is 0 Å². The molecule has 0 spiro atoms. The van der Waals surface area contributed by atoms with Crippen LogP contribution < -0.4 is 5.73 Å². The second-order valence-electron chi connectivity index (χ2n) is 3.29. The minimum atomic E-state index is 1.02. The van der Waals surface area contributed by atoms with Crippen molar-refractivity contribution in [3.05, 3.63) is 92.2 Å². The fourth-order valence-electron chi connectivity index (χ4n) is 0.675. The first-order chi connectivity index (χ1) is 8.62. The van der Waals surface area contributed by atoms with E-state index >= 15 is 0 Å². The van der Waals surface area contributed by atoms with Crippen LogP contribution in [0.1, 0.15) is 12.5 Å². The van der Waals surface area contributed by atoms with Gasteiger partial charge in [0.15, 0.2) is 0 Å². The Bertz CT molecular complexity index is 366. The first kappa shape index (κ1) is 18.1. The molecule has 0 heterocycles. The van der Waals surface area contributed by atoms with E-state index in [1.54, 1.807) is 18.2 Å². The van der Waals surface area contributed by atoms with Crippen molar-refractivity contribution in [3.63, 3.8) is 0 Å². The zero-order chi connectivity index (χ0) is 14.2. The summed E-state index contributed by atoms with van der Waals surface area (Å²) < 4.78 is 0. The third kappa shape index (κ3) is 16.2. The molecular formula is C17H23N. The monoisotopic (exact) mass is 241 g/mol. The fraction of sp³-hybridized carbons (Fsp3) is 0.0588. The average molecular weight is 241 g/mol. The van der Waals surface area contributed by atoms with Crippen molar-refractivity contribution >= 4 is 6.08 Å².